The molecule has 1 aromatic carbocycles. The van der Waals surface area contributed by atoms with Gasteiger partial charge in [-0.25, -0.2) is 9.37 Å². The van der Waals surface area contributed by atoms with E-state index in [4.69, 9.17) is 14.2 Å². The first-order valence-electron chi connectivity index (χ1n) is 7.65. The highest BCUT2D eigenvalue weighted by atomic mass is 19.1. The predicted octanol–water partition coefficient (Wildman–Crippen LogP) is 3.43. The van der Waals surface area contributed by atoms with Gasteiger partial charge in [-0.05, 0) is 30.2 Å². The molecule has 0 fully saturated rings. The molecule has 0 unspecified atom stereocenters. The number of aliphatic hydroxyl groups is 1. The Morgan fingerprint density at radius 2 is 1.92 bits per heavy atom. The minimum absolute atomic E-state index is 0.228. The first-order chi connectivity index (χ1) is 11.5. The molecule has 1 heterocycles. The van der Waals surface area contributed by atoms with Crippen LogP contribution in [0, 0.1) is 11.7 Å². The zero-order valence-electron chi connectivity index (χ0n) is 14.3. The van der Waals surface area contributed by atoms with Gasteiger partial charge in [0.2, 0.25) is 5.88 Å². The number of aromatic nitrogens is 1. The van der Waals surface area contributed by atoms with Crippen molar-refractivity contribution in [3.05, 3.63) is 35.6 Å². The molecular weight excluding hydrogens is 313 g/mol. The van der Waals surface area contributed by atoms with Crippen molar-refractivity contribution in [1.29, 1.82) is 0 Å². The minimum atomic E-state index is -0.448. The Balaban J connectivity index is 2.61. The van der Waals surface area contributed by atoms with Gasteiger partial charge in [-0.15, -0.1) is 0 Å². The molecule has 24 heavy (non-hydrogen) atoms. The summed E-state index contributed by atoms with van der Waals surface area (Å²) in [6.07, 6.45) is 0. The summed E-state index contributed by atoms with van der Waals surface area (Å²) in [5.74, 6) is 0.963. The smallest absolute Gasteiger partial charge is 0.219 e. The zero-order chi connectivity index (χ0) is 17.7. The number of aliphatic hydroxyl groups excluding tert-OH is 1. The van der Waals surface area contributed by atoms with E-state index in [2.05, 4.69) is 4.98 Å². The van der Waals surface area contributed by atoms with Crippen LogP contribution in [-0.2, 0) is 6.61 Å². The highest BCUT2D eigenvalue weighted by Gasteiger charge is 2.19. The quantitative estimate of drug-likeness (QED) is 0.840. The van der Waals surface area contributed by atoms with Crippen molar-refractivity contribution >= 4 is 0 Å². The number of halogens is 1. The van der Waals surface area contributed by atoms with E-state index in [-0.39, 0.29) is 24.0 Å². The van der Waals surface area contributed by atoms with Gasteiger partial charge in [0.1, 0.15) is 23.0 Å². The largest absolute Gasteiger partial charge is 0.497 e. The third kappa shape index (κ3) is 3.94. The van der Waals surface area contributed by atoms with Gasteiger partial charge in [-0.1, -0.05) is 13.8 Å². The van der Waals surface area contributed by atoms with Gasteiger partial charge in [-0.3, -0.25) is 0 Å². The molecule has 1 N–H and O–H groups in total. The Morgan fingerprint density at radius 1 is 1.17 bits per heavy atom. The fourth-order valence-electron chi connectivity index (χ4n) is 2.18. The fraction of sp³-hybridized carbons (Fsp3) is 0.389. The Bertz CT molecular complexity index is 704. The number of nitrogens with zero attached hydrogens (tertiary/aromatic N) is 1. The first kappa shape index (κ1) is 18.0. The molecule has 0 saturated heterocycles. The molecule has 130 valence electrons. The molecule has 0 aliphatic heterocycles. The van der Waals surface area contributed by atoms with E-state index in [1.54, 1.807) is 12.1 Å². The third-order valence-corrected chi connectivity index (χ3v) is 3.39. The molecule has 2 rings (SSSR count). The van der Waals surface area contributed by atoms with E-state index in [1.807, 2.05) is 13.8 Å². The Morgan fingerprint density at radius 3 is 2.50 bits per heavy atom. The van der Waals surface area contributed by atoms with Gasteiger partial charge in [0, 0.05) is 11.1 Å². The monoisotopic (exact) mass is 335 g/mol. The third-order valence-electron chi connectivity index (χ3n) is 3.39. The molecule has 0 bridgehead atoms. The molecule has 0 aliphatic carbocycles. The summed E-state index contributed by atoms with van der Waals surface area (Å²) in [7, 11) is 2.96. The summed E-state index contributed by atoms with van der Waals surface area (Å²) >= 11 is 0. The average molecular weight is 335 g/mol. The van der Waals surface area contributed by atoms with Crippen LogP contribution >= 0.6 is 0 Å². The Hall–Kier alpha value is -2.34. The molecule has 2 aromatic rings. The number of rotatable bonds is 7. The number of hydrogen-bond acceptors (Lipinski definition) is 5. The van der Waals surface area contributed by atoms with Crippen LogP contribution in [0.4, 0.5) is 4.39 Å². The molecule has 6 heteroatoms. The van der Waals surface area contributed by atoms with E-state index >= 15 is 0 Å². The Labute approximate surface area is 141 Å². The Kier molecular flexibility index (Phi) is 5.98. The van der Waals surface area contributed by atoms with E-state index in [1.165, 1.54) is 26.4 Å². The predicted molar refractivity (Wildman–Crippen MR) is 89.0 cm³/mol. The van der Waals surface area contributed by atoms with Crippen LogP contribution in [0.2, 0.25) is 0 Å². The second-order valence-electron chi connectivity index (χ2n) is 5.71. The highest BCUT2D eigenvalue weighted by Crippen LogP contribution is 2.36. The lowest BCUT2D eigenvalue weighted by atomic mass is 10.1. The number of pyridine rings is 1. The lowest BCUT2D eigenvalue weighted by molar-refractivity contribution is 0.259. The molecule has 0 amide bonds. The second kappa shape index (κ2) is 7.97. The van der Waals surface area contributed by atoms with Crippen molar-refractivity contribution in [1.82, 2.24) is 4.98 Å². The van der Waals surface area contributed by atoms with Crippen LogP contribution in [-0.4, -0.2) is 30.9 Å². The highest BCUT2D eigenvalue weighted by molar-refractivity contribution is 5.69. The molecule has 5 nitrogen and oxygen atoms in total. The first-order valence-corrected chi connectivity index (χ1v) is 7.65. The molecule has 0 saturated carbocycles. The van der Waals surface area contributed by atoms with E-state index in [9.17, 15) is 9.50 Å². The van der Waals surface area contributed by atoms with E-state index < -0.39 is 5.82 Å². The van der Waals surface area contributed by atoms with Crippen molar-refractivity contribution in [3.63, 3.8) is 0 Å². The standard InChI is InChI=1S/C18H22FNO4/c1-11(2)10-24-16-7-12(9-21)18(23-4)20-17(16)14-8-13(22-3)5-6-15(14)19/h5-8,11,21H,9-10H2,1-4H3. The van der Waals surface area contributed by atoms with Gasteiger partial charge in [0.15, 0.2) is 0 Å². The lowest BCUT2D eigenvalue weighted by Crippen LogP contribution is -2.08. The van der Waals surface area contributed by atoms with Crippen LogP contribution in [0.5, 0.6) is 17.4 Å². The van der Waals surface area contributed by atoms with Crippen molar-refractivity contribution in [3.8, 4) is 28.6 Å². The topological polar surface area (TPSA) is 60.8 Å². The average Bonchev–Trinajstić information content (AvgIpc) is 2.59. The van der Waals surface area contributed by atoms with Crippen molar-refractivity contribution < 1.29 is 23.7 Å². The summed E-state index contributed by atoms with van der Waals surface area (Å²) < 4.78 is 30.5. The molecule has 1 aromatic heterocycles. The summed E-state index contributed by atoms with van der Waals surface area (Å²) in [4.78, 5) is 4.34. The van der Waals surface area contributed by atoms with Crippen LogP contribution in [0.3, 0.4) is 0 Å². The summed E-state index contributed by atoms with van der Waals surface area (Å²) in [5, 5.41) is 9.48. The second-order valence-corrected chi connectivity index (χ2v) is 5.71. The maximum Gasteiger partial charge on any atom is 0.219 e. The number of benzene rings is 1. The van der Waals surface area contributed by atoms with Gasteiger partial charge in [-0.2, -0.15) is 0 Å². The van der Waals surface area contributed by atoms with Gasteiger partial charge in [0.25, 0.3) is 0 Å². The van der Waals surface area contributed by atoms with Crippen molar-refractivity contribution in [2.75, 3.05) is 20.8 Å². The maximum atomic E-state index is 14.3. The van der Waals surface area contributed by atoms with E-state index in [0.29, 0.717) is 29.4 Å². The van der Waals surface area contributed by atoms with Crippen molar-refractivity contribution in [2.24, 2.45) is 5.92 Å². The molecule has 0 atom stereocenters. The molecular formula is C18H22FNO4. The van der Waals surface area contributed by atoms with Crippen molar-refractivity contribution in [2.45, 2.75) is 20.5 Å². The van der Waals surface area contributed by atoms with E-state index in [0.717, 1.165) is 0 Å². The summed E-state index contributed by atoms with van der Waals surface area (Å²) in [6.45, 7) is 4.21. The van der Waals surface area contributed by atoms with Crippen LogP contribution in [0.25, 0.3) is 11.3 Å². The maximum absolute atomic E-state index is 14.3. The summed E-state index contributed by atoms with van der Waals surface area (Å²) in [6, 6.07) is 6.03. The van der Waals surface area contributed by atoms with Gasteiger partial charge >= 0.3 is 0 Å². The van der Waals surface area contributed by atoms with Crippen LogP contribution in [0.1, 0.15) is 19.4 Å². The van der Waals surface area contributed by atoms with Gasteiger partial charge in [0.05, 0.1) is 27.4 Å². The summed E-state index contributed by atoms with van der Waals surface area (Å²) in [5.41, 5.74) is 1.03. The number of ether oxygens (including phenoxy) is 3. The van der Waals surface area contributed by atoms with Crippen LogP contribution in [0.15, 0.2) is 24.3 Å². The normalized spacial score (nSPS) is 10.8. The SMILES string of the molecule is COc1ccc(F)c(-c2nc(OC)c(CO)cc2OCC(C)C)c1. The lowest BCUT2D eigenvalue weighted by Gasteiger charge is -2.16. The zero-order valence-corrected chi connectivity index (χ0v) is 14.3. The van der Waals surface area contributed by atoms with Gasteiger partial charge < -0.3 is 19.3 Å². The number of methoxy groups -OCH3 is 2. The molecule has 0 aliphatic rings. The molecule has 0 spiro atoms. The number of hydrogen-bond donors (Lipinski definition) is 1. The molecule has 0 radical (unpaired) electrons. The minimum Gasteiger partial charge on any atom is -0.497 e. The fourth-order valence-corrected chi connectivity index (χ4v) is 2.18. The van der Waals surface area contributed by atoms with Crippen LogP contribution < -0.4 is 14.2 Å².